The number of nitriles is 1. The molecule has 0 aliphatic heterocycles. The average molecular weight is 281 g/mol. The molecule has 0 heterocycles. The first-order valence-corrected chi connectivity index (χ1v) is 6.31. The van der Waals surface area contributed by atoms with Gasteiger partial charge in [0.2, 0.25) is 0 Å². The normalized spacial score (nSPS) is 10.7. The molecule has 0 spiro atoms. The van der Waals surface area contributed by atoms with Crippen LogP contribution >= 0.6 is 11.6 Å². The van der Waals surface area contributed by atoms with Gasteiger partial charge in [0.1, 0.15) is 5.75 Å². The maximum Gasteiger partial charge on any atom is 0.265 e. The van der Waals surface area contributed by atoms with Crippen molar-refractivity contribution >= 4 is 17.5 Å². The summed E-state index contributed by atoms with van der Waals surface area (Å²) in [5, 5.41) is 9.09. The van der Waals surface area contributed by atoms with Gasteiger partial charge in [-0.25, -0.2) is 0 Å². The van der Waals surface area contributed by atoms with E-state index < -0.39 is 5.60 Å². The predicted molar refractivity (Wildman–Crippen MR) is 74.0 cm³/mol. The third kappa shape index (κ3) is 4.46. The number of rotatable bonds is 5. The molecule has 0 unspecified atom stereocenters. The van der Waals surface area contributed by atoms with Gasteiger partial charge in [0.15, 0.2) is 5.60 Å². The molecular formula is C14H17ClN2O2. The smallest absolute Gasteiger partial charge is 0.265 e. The molecule has 1 aromatic carbocycles. The van der Waals surface area contributed by atoms with E-state index in [0.29, 0.717) is 23.7 Å². The summed E-state index contributed by atoms with van der Waals surface area (Å²) >= 11 is 5.87. The highest BCUT2D eigenvalue weighted by atomic mass is 35.5. The second kappa shape index (κ2) is 6.44. The van der Waals surface area contributed by atoms with E-state index in [1.807, 2.05) is 6.07 Å². The molecule has 0 aliphatic rings. The van der Waals surface area contributed by atoms with E-state index in [-0.39, 0.29) is 5.91 Å². The Kier molecular flexibility index (Phi) is 5.20. The van der Waals surface area contributed by atoms with Crippen LogP contribution in [0, 0.1) is 11.3 Å². The van der Waals surface area contributed by atoms with Gasteiger partial charge in [-0.05, 0) is 32.0 Å². The number of nitrogens with zero attached hydrogens (tertiary/aromatic N) is 2. The molecule has 19 heavy (non-hydrogen) atoms. The Balaban J connectivity index is 2.75. The molecule has 1 rings (SSSR count). The topological polar surface area (TPSA) is 53.3 Å². The molecule has 0 fully saturated rings. The van der Waals surface area contributed by atoms with Gasteiger partial charge in [-0.3, -0.25) is 4.79 Å². The zero-order valence-corrected chi connectivity index (χ0v) is 12.1. The van der Waals surface area contributed by atoms with Crippen LogP contribution in [0.15, 0.2) is 24.3 Å². The summed E-state index contributed by atoms with van der Waals surface area (Å²) in [5.74, 6) is 0.363. The summed E-state index contributed by atoms with van der Waals surface area (Å²) in [6.07, 6.45) is 0.301. The molecule has 0 N–H and O–H groups in total. The number of amides is 1. The quantitative estimate of drug-likeness (QED) is 0.833. The fourth-order valence-electron chi connectivity index (χ4n) is 1.65. The monoisotopic (exact) mass is 280 g/mol. The number of hydrogen-bond acceptors (Lipinski definition) is 3. The lowest BCUT2D eigenvalue weighted by atomic mass is 10.1. The lowest BCUT2D eigenvalue weighted by Crippen LogP contribution is -2.47. The second-order valence-corrected chi connectivity index (χ2v) is 5.14. The molecular weight excluding hydrogens is 264 g/mol. The van der Waals surface area contributed by atoms with Crippen LogP contribution in [0.2, 0.25) is 5.02 Å². The Morgan fingerprint density at radius 3 is 2.79 bits per heavy atom. The molecule has 0 saturated heterocycles. The summed E-state index contributed by atoms with van der Waals surface area (Å²) in [6.45, 7) is 3.77. The van der Waals surface area contributed by atoms with Gasteiger partial charge in [0, 0.05) is 18.6 Å². The highest BCUT2D eigenvalue weighted by molar-refractivity contribution is 6.30. The lowest BCUT2D eigenvalue weighted by Gasteiger charge is -2.29. The lowest BCUT2D eigenvalue weighted by molar-refractivity contribution is -0.144. The molecule has 102 valence electrons. The first-order valence-electron chi connectivity index (χ1n) is 5.94. The van der Waals surface area contributed by atoms with Crippen LogP contribution in [0.3, 0.4) is 0 Å². The van der Waals surface area contributed by atoms with Crippen molar-refractivity contribution in [1.29, 1.82) is 5.26 Å². The van der Waals surface area contributed by atoms with E-state index in [0.717, 1.165) is 0 Å². The molecule has 0 aliphatic carbocycles. The van der Waals surface area contributed by atoms with E-state index in [4.69, 9.17) is 21.6 Å². The molecule has 0 bridgehead atoms. The molecule has 5 heteroatoms. The minimum atomic E-state index is -1.01. The van der Waals surface area contributed by atoms with E-state index in [1.165, 1.54) is 4.90 Å². The highest BCUT2D eigenvalue weighted by Crippen LogP contribution is 2.23. The summed E-state index contributed by atoms with van der Waals surface area (Å²) in [4.78, 5) is 13.7. The van der Waals surface area contributed by atoms with Crippen molar-refractivity contribution < 1.29 is 9.53 Å². The number of carbonyl (C=O) groups is 1. The largest absolute Gasteiger partial charge is 0.478 e. The first-order chi connectivity index (χ1) is 8.86. The third-order valence-electron chi connectivity index (χ3n) is 2.59. The van der Waals surface area contributed by atoms with Crippen molar-refractivity contribution in [3.05, 3.63) is 29.3 Å². The third-order valence-corrected chi connectivity index (χ3v) is 2.82. The Hall–Kier alpha value is -1.73. The van der Waals surface area contributed by atoms with Crippen LogP contribution in [0.4, 0.5) is 0 Å². The molecule has 0 atom stereocenters. The van der Waals surface area contributed by atoms with Gasteiger partial charge >= 0.3 is 0 Å². The standard InChI is InChI=1S/C14H17ClN2O2/c1-14(2,13(18)17(3)9-5-8-16)19-12-7-4-6-11(15)10-12/h4,6-7,10H,5,9H2,1-3H3. The fourth-order valence-corrected chi connectivity index (χ4v) is 1.83. The predicted octanol–water partition coefficient (Wildman–Crippen LogP) is 2.87. The van der Waals surface area contributed by atoms with Gasteiger partial charge in [-0.1, -0.05) is 17.7 Å². The van der Waals surface area contributed by atoms with Crippen molar-refractivity contribution in [2.45, 2.75) is 25.9 Å². The molecule has 4 nitrogen and oxygen atoms in total. The molecule has 0 aromatic heterocycles. The number of likely N-dealkylation sites (N-methyl/N-ethyl adjacent to an activating group) is 1. The Morgan fingerprint density at radius 2 is 2.21 bits per heavy atom. The van der Waals surface area contributed by atoms with Crippen LogP contribution in [0.1, 0.15) is 20.3 Å². The van der Waals surface area contributed by atoms with Crippen molar-refractivity contribution in [3.63, 3.8) is 0 Å². The van der Waals surface area contributed by atoms with Crippen LogP contribution < -0.4 is 4.74 Å². The zero-order chi connectivity index (χ0) is 14.5. The molecule has 0 radical (unpaired) electrons. The van der Waals surface area contributed by atoms with Crippen molar-refractivity contribution in [1.82, 2.24) is 4.90 Å². The highest BCUT2D eigenvalue weighted by Gasteiger charge is 2.32. The SMILES string of the molecule is CN(CCC#N)C(=O)C(C)(C)Oc1cccc(Cl)c1. The summed E-state index contributed by atoms with van der Waals surface area (Å²) in [5.41, 5.74) is -1.01. The van der Waals surface area contributed by atoms with Crippen molar-refractivity contribution in [3.8, 4) is 11.8 Å². The van der Waals surface area contributed by atoms with E-state index in [9.17, 15) is 4.79 Å². The first kappa shape index (κ1) is 15.3. The van der Waals surface area contributed by atoms with Gasteiger partial charge in [0.25, 0.3) is 5.91 Å². The Bertz CT molecular complexity index is 494. The van der Waals surface area contributed by atoms with Crippen LogP contribution in [0.5, 0.6) is 5.75 Å². The minimum Gasteiger partial charge on any atom is -0.478 e. The number of carbonyl (C=O) groups excluding carboxylic acids is 1. The minimum absolute atomic E-state index is 0.178. The van der Waals surface area contributed by atoms with Gasteiger partial charge in [0.05, 0.1) is 12.5 Å². The van der Waals surface area contributed by atoms with Gasteiger partial charge in [-0.2, -0.15) is 5.26 Å². The van der Waals surface area contributed by atoms with Crippen LogP contribution in [0.25, 0.3) is 0 Å². The van der Waals surface area contributed by atoms with Crippen LogP contribution in [-0.4, -0.2) is 30.0 Å². The molecule has 1 amide bonds. The number of benzene rings is 1. The Labute approximate surface area is 118 Å². The van der Waals surface area contributed by atoms with E-state index in [2.05, 4.69) is 0 Å². The number of hydrogen-bond donors (Lipinski definition) is 0. The van der Waals surface area contributed by atoms with E-state index in [1.54, 1.807) is 45.2 Å². The molecule has 0 saturated carbocycles. The number of halogens is 1. The van der Waals surface area contributed by atoms with Crippen LogP contribution in [-0.2, 0) is 4.79 Å². The summed E-state index contributed by atoms with van der Waals surface area (Å²) in [6, 6.07) is 8.91. The fraction of sp³-hybridized carbons (Fsp3) is 0.429. The van der Waals surface area contributed by atoms with Gasteiger partial charge in [-0.15, -0.1) is 0 Å². The summed E-state index contributed by atoms with van der Waals surface area (Å²) in [7, 11) is 1.66. The Morgan fingerprint density at radius 1 is 1.53 bits per heavy atom. The zero-order valence-electron chi connectivity index (χ0n) is 11.3. The second-order valence-electron chi connectivity index (χ2n) is 4.70. The number of ether oxygens (including phenoxy) is 1. The maximum absolute atomic E-state index is 12.2. The van der Waals surface area contributed by atoms with Crippen molar-refractivity contribution in [2.24, 2.45) is 0 Å². The van der Waals surface area contributed by atoms with E-state index >= 15 is 0 Å². The maximum atomic E-state index is 12.2. The summed E-state index contributed by atoms with van der Waals surface area (Å²) < 4.78 is 5.69. The average Bonchev–Trinajstić information content (AvgIpc) is 2.34. The van der Waals surface area contributed by atoms with Gasteiger partial charge < -0.3 is 9.64 Å². The van der Waals surface area contributed by atoms with Crippen molar-refractivity contribution in [2.75, 3.05) is 13.6 Å². The molecule has 1 aromatic rings.